The lowest BCUT2D eigenvalue weighted by Gasteiger charge is -2.23. The zero-order valence-electron chi connectivity index (χ0n) is 9.86. The second-order valence-corrected chi connectivity index (χ2v) is 5.01. The van der Waals surface area contributed by atoms with Gasteiger partial charge in [0.15, 0.2) is 0 Å². The molecule has 1 aromatic rings. The van der Waals surface area contributed by atoms with Crippen molar-refractivity contribution in [1.82, 2.24) is 9.88 Å². The molecule has 0 radical (unpaired) electrons. The van der Waals surface area contributed by atoms with E-state index >= 15 is 0 Å². The highest BCUT2D eigenvalue weighted by atomic mass is 35.5. The third-order valence-corrected chi connectivity index (χ3v) is 3.86. The summed E-state index contributed by atoms with van der Waals surface area (Å²) in [4.78, 5) is 17.9. The average Bonchev–Trinajstić information content (AvgIpc) is 2.74. The van der Waals surface area contributed by atoms with E-state index in [1.807, 2.05) is 19.4 Å². The summed E-state index contributed by atoms with van der Waals surface area (Å²) in [5, 5.41) is 2.74. The molecular formula is C11H17ClN2OS. The number of halogens is 1. The standard InChI is InChI=1S/C11H17ClN2OS/c1-4-8(2)14(3)11(15)5-10-13-9(6-12)7-16-10/h7-8H,4-6H2,1-3H3. The van der Waals surface area contributed by atoms with Crippen LogP contribution >= 0.6 is 22.9 Å². The number of amides is 1. The van der Waals surface area contributed by atoms with E-state index in [-0.39, 0.29) is 11.9 Å². The zero-order valence-corrected chi connectivity index (χ0v) is 11.4. The topological polar surface area (TPSA) is 33.2 Å². The first-order valence-electron chi connectivity index (χ1n) is 5.33. The Hall–Kier alpha value is -0.610. The highest BCUT2D eigenvalue weighted by Gasteiger charge is 2.16. The lowest BCUT2D eigenvalue weighted by Crippen LogP contribution is -2.35. The number of thiazole rings is 1. The minimum absolute atomic E-state index is 0.116. The van der Waals surface area contributed by atoms with Crippen LogP contribution in [0.5, 0.6) is 0 Å². The minimum atomic E-state index is 0.116. The third-order valence-electron chi connectivity index (χ3n) is 2.68. The van der Waals surface area contributed by atoms with Gasteiger partial charge in [-0.05, 0) is 13.3 Å². The Balaban J connectivity index is 2.57. The highest BCUT2D eigenvalue weighted by molar-refractivity contribution is 7.09. The van der Waals surface area contributed by atoms with Crippen molar-refractivity contribution < 1.29 is 4.79 Å². The fourth-order valence-corrected chi connectivity index (χ4v) is 2.28. The lowest BCUT2D eigenvalue weighted by atomic mass is 10.2. The summed E-state index contributed by atoms with van der Waals surface area (Å²) in [6.07, 6.45) is 1.34. The van der Waals surface area contributed by atoms with Crippen molar-refractivity contribution in [3.8, 4) is 0 Å². The van der Waals surface area contributed by atoms with E-state index in [2.05, 4.69) is 11.9 Å². The van der Waals surface area contributed by atoms with Crippen molar-refractivity contribution >= 4 is 28.8 Å². The molecule has 0 bridgehead atoms. The summed E-state index contributed by atoms with van der Waals surface area (Å²) in [5.41, 5.74) is 0.848. The maximum Gasteiger partial charge on any atom is 0.229 e. The number of aromatic nitrogens is 1. The second-order valence-electron chi connectivity index (χ2n) is 3.80. The van der Waals surface area contributed by atoms with Gasteiger partial charge in [0.2, 0.25) is 5.91 Å². The quantitative estimate of drug-likeness (QED) is 0.763. The van der Waals surface area contributed by atoms with Crippen molar-refractivity contribution in [2.75, 3.05) is 7.05 Å². The third kappa shape index (κ3) is 3.46. The smallest absolute Gasteiger partial charge is 0.229 e. The second kappa shape index (κ2) is 6.21. The SMILES string of the molecule is CCC(C)N(C)C(=O)Cc1nc(CCl)cs1. The van der Waals surface area contributed by atoms with E-state index in [9.17, 15) is 4.79 Å². The molecule has 0 aromatic carbocycles. The van der Waals surface area contributed by atoms with Crippen LogP contribution in [0, 0.1) is 0 Å². The number of nitrogens with zero attached hydrogens (tertiary/aromatic N) is 2. The molecule has 0 fully saturated rings. The molecule has 0 aliphatic heterocycles. The number of hydrogen-bond acceptors (Lipinski definition) is 3. The molecule has 0 N–H and O–H groups in total. The molecule has 16 heavy (non-hydrogen) atoms. The number of hydrogen-bond donors (Lipinski definition) is 0. The molecule has 0 saturated carbocycles. The summed E-state index contributed by atoms with van der Waals surface area (Å²) in [5.74, 6) is 0.524. The van der Waals surface area contributed by atoms with Crippen molar-refractivity contribution in [3.05, 3.63) is 16.1 Å². The molecule has 3 nitrogen and oxygen atoms in total. The Bertz CT molecular complexity index is 354. The van der Waals surface area contributed by atoms with Gasteiger partial charge in [-0.1, -0.05) is 6.92 Å². The van der Waals surface area contributed by atoms with Gasteiger partial charge in [0.05, 0.1) is 18.0 Å². The summed E-state index contributed by atoms with van der Waals surface area (Å²) in [6.45, 7) is 4.12. The summed E-state index contributed by atoms with van der Waals surface area (Å²) < 4.78 is 0. The van der Waals surface area contributed by atoms with Crippen molar-refractivity contribution in [2.24, 2.45) is 0 Å². The van der Waals surface area contributed by atoms with Crippen LogP contribution in [-0.2, 0) is 17.1 Å². The Morgan fingerprint density at radius 3 is 2.88 bits per heavy atom. The van der Waals surface area contributed by atoms with Gasteiger partial charge >= 0.3 is 0 Å². The van der Waals surface area contributed by atoms with Crippen LogP contribution in [0.1, 0.15) is 31.0 Å². The maximum absolute atomic E-state index is 11.9. The van der Waals surface area contributed by atoms with Crippen molar-refractivity contribution in [1.29, 1.82) is 0 Å². The lowest BCUT2D eigenvalue weighted by molar-refractivity contribution is -0.130. The largest absolute Gasteiger partial charge is 0.343 e. The van der Waals surface area contributed by atoms with Gasteiger partial charge in [-0.15, -0.1) is 22.9 Å². The monoisotopic (exact) mass is 260 g/mol. The van der Waals surface area contributed by atoms with Crippen molar-refractivity contribution in [3.63, 3.8) is 0 Å². The molecule has 90 valence electrons. The number of likely N-dealkylation sites (N-methyl/N-ethyl adjacent to an activating group) is 1. The van der Waals surface area contributed by atoms with Crippen LogP contribution in [0.2, 0.25) is 0 Å². The molecule has 1 atom stereocenters. The fraction of sp³-hybridized carbons (Fsp3) is 0.636. The number of carbonyl (C=O) groups excluding carboxylic acids is 1. The highest BCUT2D eigenvalue weighted by Crippen LogP contribution is 2.13. The predicted molar refractivity (Wildman–Crippen MR) is 67.9 cm³/mol. The molecule has 1 rings (SSSR count). The first kappa shape index (κ1) is 13.5. The van der Waals surface area contributed by atoms with E-state index in [0.29, 0.717) is 12.3 Å². The Labute approximate surface area is 105 Å². The maximum atomic E-state index is 11.9. The molecule has 0 aliphatic carbocycles. The van der Waals surface area contributed by atoms with Gasteiger partial charge in [0.1, 0.15) is 5.01 Å². The van der Waals surface area contributed by atoms with E-state index in [1.54, 1.807) is 4.90 Å². The molecule has 1 amide bonds. The average molecular weight is 261 g/mol. The van der Waals surface area contributed by atoms with Crippen LogP contribution in [0.4, 0.5) is 0 Å². The number of carbonyl (C=O) groups is 1. The van der Waals surface area contributed by atoms with E-state index in [4.69, 9.17) is 11.6 Å². The predicted octanol–water partition coefficient (Wildman–Crippen LogP) is 2.68. The van der Waals surface area contributed by atoms with Crippen LogP contribution < -0.4 is 0 Å². The van der Waals surface area contributed by atoms with E-state index < -0.39 is 0 Å². The summed E-state index contributed by atoms with van der Waals surface area (Å²) in [7, 11) is 1.84. The van der Waals surface area contributed by atoms with Crippen LogP contribution in [0.25, 0.3) is 0 Å². The van der Waals surface area contributed by atoms with E-state index in [0.717, 1.165) is 17.1 Å². The molecule has 5 heteroatoms. The molecule has 1 aromatic heterocycles. The minimum Gasteiger partial charge on any atom is -0.343 e. The summed E-state index contributed by atoms with van der Waals surface area (Å²) in [6, 6.07) is 0.278. The molecule has 0 aliphatic rings. The zero-order chi connectivity index (χ0) is 12.1. The molecule has 0 saturated heterocycles. The molecular weight excluding hydrogens is 244 g/mol. The van der Waals surface area contributed by atoms with Crippen LogP contribution in [0.15, 0.2) is 5.38 Å². The van der Waals surface area contributed by atoms with Crippen LogP contribution in [-0.4, -0.2) is 28.9 Å². The molecule has 0 spiro atoms. The normalized spacial score (nSPS) is 12.5. The summed E-state index contributed by atoms with van der Waals surface area (Å²) >= 11 is 7.16. The van der Waals surface area contributed by atoms with Gasteiger partial charge in [0.25, 0.3) is 0 Å². The van der Waals surface area contributed by atoms with E-state index in [1.165, 1.54) is 11.3 Å². The fourth-order valence-electron chi connectivity index (χ4n) is 1.27. The van der Waals surface area contributed by atoms with Gasteiger partial charge < -0.3 is 4.90 Å². The van der Waals surface area contributed by atoms with Crippen LogP contribution in [0.3, 0.4) is 0 Å². The van der Waals surface area contributed by atoms with Gasteiger partial charge in [-0.25, -0.2) is 4.98 Å². The van der Waals surface area contributed by atoms with Crippen molar-refractivity contribution in [2.45, 2.75) is 38.6 Å². The van der Waals surface area contributed by atoms with Gasteiger partial charge in [-0.3, -0.25) is 4.79 Å². The molecule has 1 heterocycles. The first-order valence-corrected chi connectivity index (χ1v) is 6.74. The Morgan fingerprint density at radius 1 is 1.69 bits per heavy atom. The van der Waals surface area contributed by atoms with Gasteiger partial charge in [-0.2, -0.15) is 0 Å². The Kier molecular flexibility index (Phi) is 5.22. The number of rotatable bonds is 5. The Morgan fingerprint density at radius 2 is 2.38 bits per heavy atom. The van der Waals surface area contributed by atoms with Gasteiger partial charge in [0, 0.05) is 18.5 Å². The number of alkyl halides is 1. The molecule has 1 unspecified atom stereocenters. The first-order chi connectivity index (χ1) is 7.58.